The van der Waals surface area contributed by atoms with Crippen molar-refractivity contribution in [2.24, 2.45) is 107 Å². The van der Waals surface area contributed by atoms with Crippen molar-refractivity contribution in [3.05, 3.63) is 34.3 Å². The second kappa shape index (κ2) is 26.3. The number of fused-ring (bicyclic) bond motifs is 7. The van der Waals surface area contributed by atoms with Gasteiger partial charge in [-0.15, -0.1) is 0 Å². The van der Waals surface area contributed by atoms with Gasteiger partial charge in [0.2, 0.25) is 41.4 Å². The van der Waals surface area contributed by atoms with Crippen molar-refractivity contribution in [1.29, 1.82) is 0 Å². The number of allylic oxidation sites excluding steroid dienone is 6. The summed E-state index contributed by atoms with van der Waals surface area (Å²) in [5.74, 6) is -6.19. The first-order chi connectivity index (χ1) is 41.8. The number of rotatable bonds is 26. The van der Waals surface area contributed by atoms with Crippen molar-refractivity contribution >= 4 is 66.3 Å². The Bertz CT molecular complexity index is 3150. The number of aliphatic hydroxyl groups is 2. The number of nitrogens with zero attached hydrogens (tertiary/aromatic N) is 4. The van der Waals surface area contributed by atoms with Crippen LogP contribution in [0.15, 0.2) is 49.3 Å². The zero-order valence-electron chi connectivity index (χ0n) is 54.0. The number of phosphoric ester groups is 1. The zero-order chi connectivity index (χ0) is 66.7. The molecule has 7 heterocycles. The SMILES string of the molecule is CC1=C2N=C(C=C3N/C(=C(/C)C4=N[C@@](C)([C@@H]5N=C1[C@](C)(CCC(=O)NC[C@@H](C)OP(=O)(O)O[C@H]1C(O)[C@@H](N6CNC7CC(C)C(C)CC76)O[C@@H]1CO)[C@H]5CC(N)=O)[C@@](C)(CC(N)=O)[C@@H]4CCC(N)=O)[C@@](C)(CC(N)=O)[C@@H]3CCC(N)=O)C(C)(C)[C@@H]2CCC(N)=O. The van der Waals surface area contributed by atoms with E-state index in [2.05, 4.69) is 29.8 Å². The maximum Gasteiger partial charge on any atom is 0.472 e. The van der Waals surface area contributed by atoms with E-state index in [1.807, 2.05) is 66.4 Å². The number of phosphoric acid groups is 1. The summed E-state index contributed by atoms with van der Waals surface area (Å²) in [6, 6.07) is -0.841. The lowest BCUT2D eigenvalue weighted by atomic mass is 9.55. The minimum absolute atomic E-state index is 0.00318. The minimum Gasteiger partial charge on any atom is -0.394 e. The topological polar surface area (TPSA) is 457 Å². The number of aliphatic hydroxyl groups excluding tert-OH is 2. The van der Waals surface area contributed by atoms with E-state index in [0.717, 1.165) is 12.8 Å². The second-order valence-electron chi connectivity index (χ2n) is 28.5. The number of ether oxygens (including phenoxy) is 1. The molecule has 1 saturated carbocycles. The van der Waals surface area contributed by atoms with Gasteiger partial charge in [-0.05, 0) is 95.3 Å². The molecule has 6 unspecified atom stereocenters. The van der Waals surface area contributed by atoms with Crippen LogP contribution in [0.25, 0.3) is 0 Å². The first-order valence-electron chi connectivity index (χ1n) is 31.6. The monoisotopic (exact) mass is 1280 g/mol. The highest BCUT2D eigenvalue weighted by Crippen LogP contribution is 2.63. The van der Waals surface area contributed by atoms with Crippen molar-refractivity contribution in [2.45, 2.75) is 214 Å². The number of primary amides is 6. The van der Waals surface area contributed by atoms with Crippen LogP contribution in [0.5, 0.6) is 0 Å². The Morgan fingerprint density at radius 2 is 1.42 bits per heavy atom. The van der Waals surface area contributed by atoms with E-state index in [1.165, 1.54) is 6.92 Å². The van der Waals surface area contributed by atoms with Gasteiger partial charge in [-0.3, -0.25) is 67.8 Å². The number of hydrogen-bond donors (Lipinski definition) is 12. The molecule has 8 aliphatic rings. The highest BCUT2D eigenvalue weighted by Gasteiger charge is 2.66. The molecule has 4 fully saturated rings. The molecule has 0 spiro atoms. The number of carbonyl (C=O) groups excluding carboxylic acids is 7. The number of carbonyl (C=O) groups is 7. The van der Waals surface area contributed by atoms with E-state index >= 15 is 0 Å². The number of amides is 7. The van der Waals surface area contributed by atoms with Crippen LogP contribution in [0, 0.1) is 57.2 Å². The summed E-state index contributed by atoms with van der Waals surface area (Å²) >= 11 is 0. The van der Waals surface area contributed by atoms with Crippen LogP contribution < -0.4 is 50.4 Å². The maximum absolute atomic E-state index is 14.4. The molecule has 90 heavy (non-hydrogen) atoms. The van der Waals surface area contributed by atoms with Crippen LogP contribution in [-0.2, 0) is 51.9 Å². The molecule has 0 aromatic heterocycles. The largest absolute Gasteiger partial charge is 0.472 e. The van der Waals surface area contributed by atoms with Crippen molar-refractivity contribution in [2.75, 3.05) is 19.8 Å². The standard InChI is InChI=1S/C62H98N13O14P/c1-29-20-39-40(21-30(29)2)75(28-70-39)57-52(84)53(41(27-76)87-57)89-90(85,86)88-31(3)26-69-49(83)18-19-59(8)37(22-46(66)80)56-62(11)61(10,25-48(68)82)36(14-17-45(65)79)51(74-62)33(5)55-60(9,24-47(67)81)34(12-15-43(63)77)38(71-55)23-42-58(6,7)35(13-16-44(64)78)50(72-42)32(4)54(59)73-56/h23,29-31,34-37,39-41,52-53,56-57,70-71,76,84H,12-22,24-28H2,1-11H3,(H2,63,77)(H2,64,78)(H2,65,79)(H2,66,80)(H2,67,81)(H2,68,82)(H,69,83)(H,85,86)/b38-23?,50-32?,55-33-/t29?,30?,31-,34-,35-,36-,37+,39?,40?,41-,52?,53-,56-,57+,59-,60+,61+,62+/m1/s1. The lowest BCUT2D eigenvalue weighted by Crippen LogP contribution is -2.56. The summed E-state index contributed by atoms with van der Waals surface area (Å²) in [5.41, 5.74) is 34.3. The molecule has 27 nitrogen and oxygen atoms in total. The number of aliphatic imine (C=N–C) groups is 3. The molecular weight excluding hydrogens is 1180 g/mol. The molecule has 8 rings (SSSR count). The summed E-state index contributed by atoms with van der Waals surface area (Å²) in [6.45, 7) is 20.4. The molecule has 18 N–H and O–H groups in total. The summed E-state index contributed by atoms with van der Waals surface area (Å²) < 4.78 is 31.0. The van der Waals surface area contributed by atoms with E-state index in [0.29, 0.717) is 63.9 Å². The van der Waals surface area contributed by atoms with E-state index in [4.69, 9.17) is 63.2 Å². The van der Waals surface area contributed by atoms with Gasteiger partial charge in [0.05, 0.1) is 31.0 Å². The van der Waals surface area contributed by atoms with Gasteiger partial charge in [0.1, 0.15) is 24.5 Å². The van der Waals surface area contributed by atoms with E-state index < -0.39 is 143 Å². The molecule has 0 aromatic rings. The molecule has 28 heteroatoms. The number of nitrogens with one attached hydrogen (secondary N) is 3. The first kappa shape index (κ1) is 70.1. The molecule has 7 aliphatic heterocycles. The molecule has 7 amide bonds. The third-order valence-corrected chi connectivity index (χ3v) is 23.2. The highest BCUT2D eigenvalue weighted by atomic mass is 31.2. The molecule has 3 saturated heterocycles. The van der Waals surface area contributed by atoms with Crippen molar-refractivity contribution in [3.8, 4) is 0 Å². The Labute approximate surface area is 526 Å². The Kier molecular flexibility index (Phi) is 20.5. The molecule has 19 atom stereocenters. The Morgan fingerprint density at radius 3 is 2.01 bits per heavy atom. The average molecular weight is 1280 g/mol. The van der Waals surface area contributed by atoms with Crippen LogP contribution in [0.1, 0.15) is 160 Å². The molecule has 0 radical (unpaired) electrons. The normalized spacial score (nSPS) is 38.0. The zero-order valence-corrected chi connectivity index (χ0v) is 54.9. The van der Waals surface area contributed by atoms with Gasteiger partial charge in [-0.2, -0.15) is 0 Å². The summed E-state index contributed by atoms with van der Waals surface area (Å²) in [5, 5.41) is 31.9. The predicted octanol–water partition coefficient (Wildman–Crippen LogP) is 1.99. The van der Waals surface area contributed by atoms with Crippen LogP contribution in [0.2, 0.25) is 0 Å². The van der Waals surface area contributed by atoms with Gasteiger partial charge in [0, 0.05) is 143 Å². The highest BCUT2D eigenvalue weighted by molar-refractivity contribution is 7.47. The summed E-state index contributed by atoms with van der Waals surface area (Å²) in [7, 11) is -5.02. The van der Waals surface area contributed by atoms with Crippen LogP contribution >= 0.6 is 7.82 Å². The molecule has 500 valence electrons. The van der Waals surface area contributed by atoms with E-state index in [1.54, 1.807) is 0 Å². The third kappa shape index (κ3) is 13.4. The lowest BCUT2D eigenvalue weighted by molar-refractivity contribution is -0.124. The van der Waals surface area contributed by atoms with Gasteiger partial charge < -0.3 is 64.9 Å². The van der Waals surface area contributed by atoms with Crippen LogP contribution in [0.3, 0.4) is 0 Å². The van der Waals surface area contributed by atoms with Crippen molar-refractivity contribution < 1.29 is 67.0 Å². The Balaban J connectivity index is 1.18. The Morgan fingerprint density at radius 1 is 0.822 bits per heavy atom. The Hall–Kier alpha value is -5.77. The van der Waals surface area contributed by atoms with Crippen LogP contribution in [-0.4, -0.2) is 153 Å². The first-order valence-corrected chi connectivity index (χ1v) is 33.1. The molecular formula is C62H98N13O14P. The van der Waals surface area contributed by atoms with Gasteiger partial charge >= 0.3 is 7.82 Å². The molecule has 1 aliphatic carbocycles. The fourth-order valence-corrected chi connectivity index (χ4v) is 17.9. The fourth-order valence-electron chi connectivity index (χ4n) is 16.8. The van der Waals surface area contributed by atoms with Gasteiger partial charge in [0.15, 0.2) is 0 Å². The summed E-state index contributed by atoms with van der Waals surface area (Å²) in [6.07, 6.45) is -3.27. The van der Waals surface area contributed by atoms with Crippen molar-refractivity contribution in [1.82, 2.24) is 20.9 Å². The van der Waals surface area contributed by atoms with E-state index in [9.17, 15) is 53.2 Å². The average Bonchev–Trinajstić information content (AvgIpc) is 1.53. The minimum atomic E-state index is -5.02. The smallest absolute Gasteiger partial charge is 0.394 e. The number of nitrogens with two attached hydrogens (primary N) is 6. The van der Waals surface area contributed by atoms with Gasteiger partial charge in [-0.1, -0.05) is 48.5 Å². The third-order valence-electron chi connectivity index (χ3n) is 22.1. The van der Waals surface area contributed by atoms with Crippen molar-refractivity contribution in [3.63, 3.8) is 0 Å². The van der Waals surface area contributed by atoms with Crippen LogP contribution in [0.4, 0.5) is 0 Å². The molecule has 8 bridgehead atoms. The fraction of sp³-hybridized carbons (Fsp3) is 0.742. The molecule has 0 aromatic carbocycles. The van der Waals surface area contributed by atoms with E-state index in [-0.39, 0.29) is 89.3 Å². The van der Waals surface area contributed by atoms with Gasteiger partial charge in [0.25, 0.3) is 0 Å². The number of hydrogen-bond acceptors (Lipinski definition) is 19. The second-order valence-corrected chi connectivity index (χ2v) is 29.8. The quantitative estimate of drug-likeness (QED) is 0.0551. The lowest BCUT2D eigenvalue weighted by Gasteiger charge is -2.48. The predicted molar refractivity (Wildman–Crippen MR) is 334 cm³/mol. The maximum atomic E-state index is 14.4. The summed E-state index contributed by atoms with van der Waals surface area (Å²) in [4.78, 5) is 123. The van der Waals surface area contributed by atoms with Gasteiger partial charge in [-0.25, -0.2) is 4.57 Å².